The molecule has 0 amide bonds. The zero-order valence-electron chi connectivity index (χ0n) is 28.4. The third kappa shape index (κ3) is 6.16. The minimum absolute atomic E-state index is 0.577. The van der Waals surface area contributed by atoms with Crippen LogP contribution in [0.25, 0.3) is 88.3 Å². The first kappa shape index (κ1) is 31.9. The van der Waals surface area contributed by atoms with Crippen molar-refractivity contribution in [2.24, 2.45) is 0 Å². The van der Waals surface area contributed by atoms with Crippen LogP contribution in [0.3, 0.4) is 0 Å². The molecule has 0 saturated heterocycles. The Morgan fingerprint density at radius 2 is 0.811 bits per heavy atom. The van der Waals surface area contributed by atoms with Gasteiger partial charge in [-0.15, -0.1) is 11.3 Å². The summed E-state index contributed by atoms with van der Waals surface area (Å²) < 4.78 is 1.15. The van der Waals surface area contributed by atoms with E-state index < -0.39 is 0 Å². The molecule has 0 spiro atoms. The number of aromatic nitrogens is 4. The summed E-state index contributed by atoms with van der Waals surface area (Å²) in [5.41, 5.74) is 11.6. The number of benzene rings is 7. The topological polar surface area (TPSA) is 75.3 Å². The van der Waals surface area contributed by atoms with Crippen LogP contribution in [0.1, 0.15) is 5.56 Å². The predicted molar refractivity (Wildman–Crippen MR) is 216 cm³/mol. The minimum atomic E-state index is 0.577. The van der Waals surface area contributed by atoms with E-state index in [1.807, 2.05) is 91.0 Å². The van der Waals surface area contributed by atoms with Gasteiger partial charge in [0, 0.05) is 22.3 Å². The van der Waals surface area contributed by atoms with Gasteiger partial charge in [0.2, 0.25) is 0 Å². The molecule has 2 heterocycles. The summed E-state index contributed by atoms with van der Waals surface area (Å²) >= 11 is 1.69. The van der Waals surface area contributed by atoms with Gasteiger partial charge < -0.3 is 0 Å². The lowest BCUT2D eigenvalue weighted by atomic mass is 9.91. The van der Waals surface area contributed by atoms with Gasteiger partial charge in [-0.3, -0.25) is 0 Å². The van der Waals surface area contributed by atoms with Crippen LogP contribution in [0.2, 0.25) is 0 Å². The smallest absolute Gasteiger partial charge is 0.164 e. The highest BCUT2D eigenvalue weighted by Gasteiger charge is 2.20. The lowest BCUT2D eigenvalue weighted by Gasteiger charge is -2.16. The summed E-state index contributed by atoms with van der Waals surface area (Å²) in [5, 5.41) is 10.4. The zero-order chi connectivity index (χ0) is 35.6. The second-order valence-electron chi connectivity index (χ2n) is 12.5. The zero-order valence-corrected chi connectivity index (χ0v) is 29.2. The van der Waals surface area contributed by atoms with E-state index >= 15 is 0 Å². The Morgan fingerprint density at radius 3 is 1.40 bits per heavy atom. The van der Waals surface area contributed by atoms with Crippen LogP contribution in [-0.4, -0.2) is 19.9 Å². The Kier molecular flexibility index (Phi) is 8.37. The SMILES string of the molecule is N#Cc1ccc(-c2ccccc2-c2ccccc2-c2nc(-c3ccccc3)nc(-c3ccccc3-c3ccccc3-c3nc4ccccc4s3)n2)cc1. The van der Waals surface area contributed by atoms with E-state index in [0.29, 0.717) is 23.0 Å². The maximum atomic E-state index is 9.41. The predicted octanol–water partition coefficient (Wildman–Crippen LogP) is 12.0. The highest BCUT2D eigenvalue weighted by Crippen LogP contribution is 2.42. The molecule has 0 radical (unpaired) electrons. The van der Waals surface area contributed by atoms with Crippen molar-refractivity contribution in [3.05, 3.63) is 181 Å². The summed E-state index contributed by atoms with van der Waals surface area (Å²) in [5.74, 6) is 1.75. The summed E-state index contributed by atoms with van der Waals surface area (Å²) in [6.45, 7) is 0. The second kappa shape index (κ2) is 13.9. The van der Waals surface area contributed by atoms with Crippen molar-refractivity contribution in [1.82, 2.24) is 19.9 Å². The van der Waals surface area contributed by atoms with Gasteiger partial charge in [0.1, 0.15) is 5.01 Å². The Labute approximate surface area is 311 Å². The molecule has 0 bridgehead atoms. The Bertz CT molecular complexity index is 2770. The number of para-hydroxylation sites is 1. The molecule has 6 heteroatoms. The van der Waals surface area contributed by atoms with Gasteiger partial charge in [-0.1, -0.05) is 152 Å². The Balaban J connectivity index is 1.23. The largest absolute Gasteiger partial charge is 0.236 e. The number of hydrogen-bond acceptors (Lipinski definition) is 6. The lowest BCUT2D eigenvalue weighted by molar-refractivity contribution is 1.07. The van der Waals surface area contributed by atoms with Gasteiger partial charge in [0.25, 0.3) is 0 Å². The standard InChI is InChI=1S/C47H29N5S/c48-30-31-26-28-32(29-27-31)34-16-4-5-17-35(34)36-18-6-9-21-39(36)45-50-44(33-14-2-1-3-15-33)51-46(52-45)40-22-10-7-19-37(40)38-20-8-11-23-41(38)47-49-42-24-12-13-25-43(42)53-47/h1-29H. The summed E-state index contributed by atoms with van der Waals surface area (Å²) in [7, 11) is 0. The van der Waals surface area contributed by atoms with Crippen molar-refractivity contribution in [2.45, 2.75) is 0 Å². The number of nitrogens with zero attached hydrogens (tertiary/aromatic N) is 5. The molecule has 2 aromatic heterocycles. The molecular formula is C47H29N5S. The number of thiazole rings is 1. The molecule has 0 aliphatic heterocycles. The fraction of sp³-hybridized carbons (Fsp3) is 0. The first-order chi connectivity index (χ1) is 26.2. The molecule has 0 N–H and O–H groups in total. The maximum absolute atomic E-state index is 9.41. The van der Waals surface area contributed by atoms with Crippen LogP contribution >= 0.6 is 11.3 Å². The highest BCUT2D eigenvalue weighted by molar-refractivity contribution is 7.21. The highest BCUT2D eigenvalue weighted by atomic mass is 32.1. The molecule has 53 heavy (non-hydrogen) atoms. The molecule has 0 fully saturated rings. The monoisotopic (exact) mass is 695 g/mol. The van der Waals surface area contributed by atoms with E-state index in [2.05, 4.69) is 91.0 Å². The van der Waals surface area contributed by atoms with Crippen molar-refractivity contribution >= 4 is 21.6 Å². The average Bonchev–Trinajstić information content (AvgIpc) is 3.68. The summed E-state index contributed by atoms with van der Waals surface area (Å²) in [6, 6.07) is 61.6. The third-order valence-electron chi connectivity index (χ3n) is 9.29. The summed E-state index contributed by atoms with van der Waals surface area (Å²) in [6.07, 6.45) is 0. The van der Waals surface area contributed by atoms with Crippen LogP contribution in [0.4, 0.5) is 0 Å². The quantitative estimate of drug-likeness (QED) is 0.166. The number of hydrogen-bond donors (Lipinski definition) is 0. The van der Waals surface area contributed by atoms with Crippen LogP contribution < -0.4 is 0 Å². The van der Waals surface area contributed by atoms with E-state index in [4.69, 9.17) is 19.9 Å². The van der Waals surface area contributed by atoms with E-state index in [1.54, 1.807) is 11.3 Å². The molecule has 0 unspecified atom stereocenters. The van der Waals surface area contributed by atoms with Gasteiger partial charge in [-0.2, -0.15) is 5.26 Å². The van der Waals surface area contributed by atoms with Crippen LogP contribution in [0.15, 0.2) is 176 Å². The van der Waals surface area contributed by atoms with Crippen molar-refractivity contribution in [1.29, 1.82) is 5.26 Å². The normalized spacial score (nSPS) is 11.0. The Morgan fingerprint density at radius 1 is 0.358 bits per heavy atom. The van der Waals surface area contributed by atoms with Crippen molar-refractivity contribution < 1.29 is 0 Å². The third-order valence-corrected chi connectivity index (χ3v) is 10.4. The maximum Gasteiger partial charge on any atom is 0.164 e. The van der Waals surface area contributed by atoms with Gasteiger partial charge >= 0.3 is 0 Å². The van der Waals surface area contributed by atoms with Gasteiger partial charge in [0.15, 0.2) is 17.5 Å². The number of rotatable bonds is 7. The molecular weight excluding hydrogens is 667 g/mol. The second-order valence-corrected chi connectivity index (χ2v) is 13.6. The first-order valence-corrected chi connectivity index (χ1v) is 18.1. The minimum Gasteiger partial charge on any atom is -0.236 e. The Hall–Kier alpha value is -7.07. The van der Waals surface area contributed by atoms with Gasteiger partial charge in [-0.25, -0.2) is 19.9 Å². The molecule has 7 aromatic carbocycles. The molecule has 0 saturated carbocycles. The molecule has 0 aliphatic carbocycles. The first-order valence-electron chi connectivity index (χ1n) is 17.3. The lowest BCUT2D eigenvalue weighted by Crippen LogP contribution is -2.02. The van der Waals surface area contributed by atoms with E-state index in [-0.39, 0.29) is 0 Å². The fourth-order valence-electron chi connectivity index (χ4n) is 6.75. The molecule has 248 valence electrons. The van der Waals surface area contributed by atoms with Crippen LogP contribution in [0.5, 0.6) is 0 Å². The molecule has 0 atom stereocenters. The van der Waals surface area contributed by atoms with Gasteiger partial charge in [-0.05, 0) is 57.6 Å². The number of nitriles is 1. The van der Waals surface area contributed by atoms with Crippen LogP contribution in [-0.2, 0) is 0 Å². The number of fused-ring (bicyclic) bond motifs is 1. The van der Waals surface area contributed by atoms with Crippen molar-refractivity contribution in [2.75, 3.05) is 0 Å². The van der Waals surface area contributed by atoms with Gasteiger partial charge in [0.05, 0.1) is 21.8 Å². The molecule has 5 nitrogen and oxygen atoms in total. The summed E-state index contributed by atoms with van der Waals surface area (Å²) in [4.78, 5) is 20.6. The van der Waals surface area contributed by atoms with E-state index in [1.165, 1.54) is 0 Å². The van der Waals surface area contributed by atoms with Crippen molar-refractivity contribution in [3.8, 4) is 84.2 Å². The van der Waals surface area contributed by atoms with E-state index in [9.17, 15) is 5.26 Å². The average molecular weight is 696 g/mol. The fourth-order valence-corrected chi connectivity index (χ4v) is 7.75. The molecule has 9 rings (SSSR count). The van der Waals surface area contributed by atoms with Crippen LogP contribution in [0, 0.1) is 11.3 Å². The van der Waals surface area contributed by atoms with E-state index in [0.717, 1.165) is 70.9 Å². The van der Waals surface area contributed by atoms with Crippen molar-refractivity contribution in [3.63, 3.8) is 0 Å². The molecule has 0 aliphatic rings. The molecule has 9 aromatic rings.